The molecule has 156 valence electrons. The summed E-state index contributed by atoms with van der Waals surface area (Å²) in [6.07, 6.45) is 0.958. The van der Waals surface area contributed by atoms with E-state index in [0.29, 0.717) is 5.16 Å². The zero-order chi connectivity index (χ0) is 21.3. The Morgan fingerprint density at radius 1 is 1.27 bits per heavy atom. The van der Waals surface area contributed by atoms with Gasteiger partial charge in [-0.3, -0.25) is 4.79 Å². The first-order valence-corrected chi connectivity index (χ1v) is 11.3. The number of ether oxygens (including phenoxy) is 1. The number of carbonyl (C=O) groups is 1. The Kier molecular flexibility index (Phi) is 6.01. The number of rotatable bonds is 5. The van der Waals surface area contributed by atoms with Crippen molar-refractivity contribution >= 4 is 39.3 Å². The molecule has 1 aliphatic rings. The van der Waals surface area contributed by atoms with Crippen LogP contribution in [0.1, 0.15) is 29.9 Å². The fourth-order valence-corrected chi connectivity index (χ4v) is 5.01. The van der Waals surface area contributed by atoms with Gasteiger partial charge in [-0.25, -0.2) is 4.68 Å². The number of hydrogen-bond acceptors (Lipinski definition) is 6. The molecule has 0 radical (unpaired) electrons. The Hall–Kier alpha value is -2.52. The molecule has 0 spiro atoms. The molecule has 2 aromatic carbocycles. The molecule has 7 nitrogen and oxygen atoms in total. The van der Waals surface area contributed by atoms with E-state index in [1.165, 1.54) is 17.3 Å². The second-order valence-corrected chi connectivity index (χ2v) is 8.91. The first-order valence-electron chi connectivity index (χ1n) is 9.58. The van der Waals surface area contributed by atoms with Gasteiger partial charge in [0, 0.05) is 5.69 Å². The molecule has 0 bridgehead atoms. The van der Waals surface area contributed by atoms with Gasteiger partial charge in [0.25, 0.3) is 0 Å². The number of anilines is 1. The van der Waals surface area contributed by atoms with Crippen molar-refractivity contribution in [3.05, 3.63) is 63.9 Å². The Morgan fingerprint density at radius 2 is 2.03 bits per heavy atom. The topological polar surface area (TPSA) is 81.1 Å². The van der Waals surface area contributed by atoms with Crippen molar-refractivity contribution in [1.29, 1.82) is 0 Å². The van der Waals surface area contributed by atoms with Gasteiger partial charge in [0.1, 0.15) is 16.8 Å². The molecule has 0 saturated carbocycles. The fourth-order valence-electron chi connectivity index (χ4n) is 3.32. The van der Waals surface area contributed by atoms with Gasteiger partial charge in [-0.1, -0.05) is 36.9 Å². The van der Waals surface area contributed by atoms with E-state index in [4.69, 9.17) is 4.74 Å². The van der Waals surface area contributed by atoms with Crippen molar-refractivity contribution in [3.8, 4) is 5.75 Å². The molecule has 9 heteroatoms. The number of fused-ring (bicyclic) bond motifs is 1. The van der Waals surface area contributed by atoms with Crippen LogP contribution >= 0.6 is 27.7 Å². The molecular formula is C21H22BrN5O2S. The molecule has 30 heavy (non-hydrogen) atoms. The quantitative estimate of drug-likeness (QED) is 0.557. The van der Waals surface area contributed by atoms with E-state index >= 15 is 0 Å². The Labute approximate surface area is 187 Å². The van der Waals surface area contributed by atoms with Crippen molar-refractivity contribution in [2.24, 2.45) is 0 Å². The molecular weight excluding hydrogens is 466 g/mol. The molecule has 0 aliphatic carbocycles. The van der Waals surface area contributed by atoms with Crippen LogP contribution in [0.2, 0.25) is 0 Å². The average molecular weight is 488 g/mol. The Morgan fingerprint density at radius 3 is 2.70 bits per heavy atom. The van der Waals surface area contributed by atoms with E-state index in [2.05, 4.69) is 43.8 Å². The predicted molar refractivity (Wildman–Crippen MR) is 122 cm³/mol. The zero-order valence-corrected chi connectivity index (χ0v) is 19.3. The number of carbonyl (C=O) groups excluding carboxylic acids is 1. The molecule has 0 fully saturated rings. The average Bonchev–Trinajstić information content (AvgIpc) is 3.13. The monoisotopic (exact) mass is 487 g/mol. The first kappa shape index (κ1) is 20.7. The predicted octanol–water partition coefficient (Wildman–Crippen LogP) is 4.32. The van der Waals surface area contributed by atoms with E-state index in [1.807, 2.05) is 54.1 Å². The highest BCUT2D eigenvalue weighted by Crippen LogP contribution is 2.39. The van der Waals surface area contributed by atoms with Crippen LogP contribution < -0.4 is 15.5 Å². The third-order valence-electron chi connectivity index (χ3n) is 5.02. The number of amides is 1. The number of aromatic nitrogens is 3. The smallest absolute Gasteiger partial charge is 0.240 e. The van der Waals surface area contributed by atoms with Crippen molar-refractivity contribution in [2.45, 2.75) is 36.7 Å². The van der Waals surface area contributed by atoms with Crippen LogP contribution in [0.15, 0.2) is 52.1 Å². The van der Waals surface area contributed by atoms with Gasteiger partial charge in [-0.2, -0.15) is 0 Å². The van der Waals surface area contributed by atoms with E-state index in [1.54, 1.807) is 7.11 Å². The number of aryl methyl sites for hydroxylation is 2. The van der Waals surface area contributed by atoms with Gasteiger partial charge in [0.15, 0.2) is 0 Å². The van der Waals surface area contributed by atoms with E-state index < -0.39 is 5.25 Å². The van der Waals surface area contributed by atoms with E-state index in [9.17, 15) is 4.79 Å². The summed E-state index contributed by atoms with van der Waals surface area (Å²) in [7, 11) is 1.63. The molecule has 1 aromatic heterocycles. The summed E-state index contributed by atoms with van der Waals surface area (Å²) in [5, 5.41) is 11.6. The fraction of sp³-hybridized carbons (Fsp3) is 0.286. The molecule has 2 atom stereocenters. The normalized spacial score (nSPS) is 17.7. The molecule has 1 aliphatic heterocycles. The van der Waals surface area contributed by atoms with Crippen LogP contribution in [0, 0.1) is 6.92 Å². The second-order valence-electron chi connectivity index (χ2n) is 6.94. The Bertz CT molecular complexity index is 1070. The summed E-state index contributed by atoms with van der Waals surface area (Å²) >= 11 is 4.95. The minimum atomic E-state index is -0.438. The molecule has 2 heterocycles. The maximum Gasteiger partial charge on any atom is 0.240 e. The Balaban J connectivity index is 1.65. The van der Waals surface area contributed by atoms with Crippen LogP contribution in [0.5, 0.6) is 5.75 Å². The molecule has 0 saturated heterocycles. The van der Waals surface area contributed by atoms with Crippen LogP contribution in [-0.4, -0.2) is 33.1 Å². The molecule has 3 aromatic rings. The highest BCUT2D eigenvalue weighted by atomic mass is 79.9. The summed E-state index contributed by atoms with van der Waals surface area (Å²) in [5.41, 5.74) is 6.37. The van der Waals surface area contributed by atoms with Gasteiger partial charge in [0.05, 0.1) is 17.6 Å². The highest BCUT2D eigenvalue weighted by molar-refractivity contribution is 9.10. The number of halogens is 1. The molecule has 2 N–H and O–H groups in total. The lowest BCUT2D eigenvalue weighted by Crippen LogP contribution is -2.41. The SMILES string of the molecule is CCc1ccc(NC(=O)[C@H]2Sc3nnc(C)n3N[C@@H]2c2ccc(OC)c(Br)c2)cc1. The molecule has 1 amide bonds. The molecule has 0 unspecified atom stereocenters. The number of nitrogens with one attached hydrogen (secondary N) is 2. The van der Waals surface area contributed by atoms with Crippen molar-refractivity contribution < 1.29 is 9.53 Å². The van der Waals surface area contributed by atoms with Crippen molar-refractivity contribution in [2.75, 3.05) is 17.9 Å². The van der Waals surface area contributed by atoms with Crippen LogP contribution in [-0.2, 0) is 11.2 Å². The minimum absolute atomic E-state index is 0.0967. The van der Waals surface area contributed by atoms with Crippen LogP contribution in [0.25, 0.3) is 0 Å². The minimum Gasteiger partial charge on any atom is -0.496 e. The first-order chi connectivity index (χ1) is 14.5. The van der Waals surface area contributed by atoms with Gasteiger partial charge in [0.2, 0.25) is 11.1 Å². The lowest BCUT2D eigenvalue weighted by atomic mass is 10.0. The van der Waals surface area contributed by atoms with E-state index in [-0.39, 0.29) is 11.9 Å². The van der Waals surface area contributed by atoms with Crippen molar-refractivity contribution in [3.63, 3.8) is 0 Å². The maximum atomic E-state index is 13.3. The van der Waals surface area contributed by atoms with Crippen LogP contribution in [0.4, 0.5) is 5.69 Å². The van der Waals surface area contributed by atoms with Crippen LogP contribution in [0.3, 0.4) is 0 Å². The summed E-state index contributed by atoms with van der Waals surface area (Å²) in [4.78, 5) is 13.3. The number of benzene rings is 2. The lowest BCUT2D eigenvalue weighted by molar-refractivity contribution is -0.116. The second kappa shape index (κ2) is 8.69. The number of methoxy groups -OCH3 is 1. The summed E-state index contributed by atoms with van der Waals surface area (Å²) < 4.78 is 8.00. The largest absolute Gasteiger partial charge is 0.496 e. The van der Waals surface area contributed by atoms with Gasteiger partial charge in [-0.05, 0) is 64.7 Å². The summed E-state index contributed by atoms with van der Waals surface area (Å²) in [6, 6.07) is 13.5. The zero-order valence-electron chi connectivity index (χ0n) is 16.8. The van der Waals surface area contributed by atoms with Gasteiger partial charge in [-0.15, -0.1) is 10.2 Å². The lowest BCUT2D eigenvalue weighted by Gasteiger charge is -2.33. The highest BCUT2D eigenvalue weighted by Gasteiger charge is 2.37. The summed E-state index contributed by atoms with van der Waals surface area (Å²) in [6.45, 7) is 3.98. The third kappa shape index (κ3) is 4.04. The number of hydrogen-bond donors (Lipinski definition) is 2. The summed E-state index contributed by atoms with van der Waals surface area (Å²) in [5.74, 6) is 1.38. The number of nitrogens with zero attached hydrogens (tertiary/aromatic N) is 3. The molecule has 4 rings (SSSR count). The standard InChI is InChI=1S/C21H22BrN5O2S/c1-4-13-5-8-15(9-6-13)23-20(28)19-18(14-7-10-17(29-3)16(22)11-14)26-27-12(2)24-25-21(27)30-19/h5-11,18-19,26H,4H2,1-3H3,(H,23,28)/t18-,19+/m1/s1. The van der Waals surface area contributed by atoms with Gasteiger partial charge < -0.3 is 15.5 Å². The maximum absolute atomic E-state index is 13.3. The number of thioether (sulfide) groups is 1. The van der Waals surface area contributed by atoms with Crippen molar-refractivity contribution in [1.82, 2.24) is 14.9 Å². The van der Waals surface area contributed by atoms with E-state index in [0.717, 1.165) is 33.7 Å². The third-order valence-corrected chi connectivity index (χ3v) is 6.86. The van der Waals surface area contributed by atoms with Gasteiger partial charge >= 0.3 is 0 Å².